The highest BCUT2D eigenvalue weighted by molar-refractivity contribution is 7.99. The zero-order valence-corrected chi connectivity index (χ0v) is 16.7. The number of carbonyl (C=O) groups is 1. The van der Waals surface area contributed by atoms with Crippen LogP contribution in [0.25, 0.3) is 22.2 Å². The van der Waals surface area contributed by atoms with E-state index in [0.29, 0.717) is 16.0 Å². The molecule has 0 aliphatic carbocycles. The van der Waals surface area contributed by atoms with Gasteiger partial charge in [-0.05, 0) is 23.6 Å². The van der Waals surface area contributed by atoms with Gasteiger partial charge in [-0.1, -0.05) is 71.9 Å². The van der Waals surface area contributed by atoms with E-state index in [0.717, 1.165) is 22.0 Å². The van der Waals surface area contributed by atoms with Gasteiger partial charge in [0, 0.05) is 28.7 Å². The van der Waals surface area contributed by atoms with Gasteiger partial charge in [0.05, 0.1) is 5.75 Å². The Kier molecular flexibility index (Phi) is 5.32. The summed E-state index contributed by atoms with van der Waals surface area (Å²) in [5, 5.41) is 14.8. The van der Waals surface area contributed by atoms with Gasteiger partial charge in [0.1, 0.15) is 0 Å². The van der Waals surface area contributed by atoms with E-state index in [4.69, 9.17) is 11.6 Å². The van der Waals surface area contributed by atoms with E-state index in [-0.39, 0.29) is 11.7 Å². The highest BCUT2D eigenvalue weighted by atomic mass is 35.5. The van der Waals surface area contributed by atoms with Crippen LogP contribution in [0.5, 0.6) is 0 Å². The number of benzene rings is 3. The van der Waals surface area contributed by atoms with Crippen LogP contribution >= 0.6 is 23.4 Å². The SMILES string of the molecule is Cn1c(SCC(=O)Nc2cccc3ccccc23)nnc1-c1cccc(Cl)c1. The normalized spacial score (nSPS) is 10.9. The predicted octanol–water partition coefficient (Wildman–Crippen LogP) is 5.02. The van der Waals surface area contributed by atoms with E-state index in [1.54, 1.807) is 0 Å². The van der Waals surface area contributed by atoms with Crippen molar-refractivity contribution in [3.63, 3.8) is 0 Å². The molecule has 0 saturated heterocycles. The summed E-state index contributed by atoms with van der Waals surface area (Å²) in [6.07, 6.45) is 0. The quantitative estimate of drug-likeness (QED) is 0.471. The van der Waals surface area contributed by atoms with E-state index in [9.17, 15) is 4.79 Å². The summed E-state index contributed by atoms with van der Waals surface area (Å²) in [6.45, 7) is 0. The smallest absolute Gasteiger partial charge is 0.234 e. The predicted molar refractivity (Wildman–Crippen MR) is 115 cm³/mol. The molecule has 0 radical (unpaired) electrons. The number of thioether (sulfide) groups is 1. The number of nitrogens with one attached hydrogen (secondary N) is 1. The van der Waals surface area contributed by atoms with Crippen LogP contribution in [-0.4, -0.2) is 26.4 Å². The van der Waals surface area contributed by atoms with Gasteiger partial charge in [0.15, 0.2) is 11.0 Å². The highest BCUT2D eigenvalue weighted by Crippen LogP contribution is 2.26. The Morgan fingerprint density at radius 3 is 2.71 bits per heavy atom. The molecule has 0 aliphatic rings. The number of hydrogen-bond donors (Lipinski definition) is 1. The molecule has 1 aromatic heterocycles. The van der Waals surface area contributed by atoms with Crippen molar-refractivity contribution in [2.45, 2.75) is 5.16 Å². The number of amides is 1. The average molecular weight is 409 g/mol. The van der Waals surface area contributed by atoms with Crippen LogP contribution in [0.15, 0.2) is 71.9 Å². The zero-order chi connectivity index (χ0) is 19.5. The van der Waals surface area contributed by atoms with Gasteiger partial charge >= 0.3 is 0 Å². The minimum Gasteiger partial charge on any atom is -0.325 e. The largest absolute Gasteiger partial charge is 0.325 e. The second-order valence-corrected chi connectivity index (χ2v) is 7.62. The number of anilines is 1. The maximum atomic E-state index is 12.5. The number of carbonyl (C=O) groups excluding carboxylic acids is 1. The number of nitrogens with zero attached hydrogens (tertiary/aromatic N) is 3. The Balaban J connectivity index is 1.45. The van der Waals surface area contributed by atoms with E-state index < -0.39 is 0 Å². The minimum atomic E-state index is -0.0892. The number of hydrogen-bond acceptors (Lipinski definition) is 4. The molecule has 1 amide bonds. The first-order valence-electron chi connectivity index (χ1n) is 8.67. The summed E-state index contributed by atoms with van der Waals surface area (Å²) in [5.74, 6) is 0.859. The Morgan fingerprint density at radius 2 is 1.86 bits per heavy atom. The molecular formula is C21H17ClN4OS. The van der Waals surface area contributed by atoms with Crippen molar-refractivity contribution < 1.29 is 4.79 Å². The second-order valence-electron chi connectivity index (χ2n) is 6.24. The van der Waals surface area contributed by atoms with Crippen molar-refractivity contribution >= 4 is 45.7 Å². The van der Waals surface area contributed by atoms with E-state index in [1.165, 1.54) is 11.8 Å². The van der Waals surface area contributed by atoms with E-state index in [1.807, 2.05) is 78.3 Å². The molecule has 0 aliphatic heterocycles. The molecule has 0 bridgehead atoms. The van der Waals surface area contributed by atoms with Crippen molar-refractivity contribution in [2.75, 3.05) is 11.1 Å². The van der Waals surface area contributed by atoms with Crippen molar-refractivity contribution in [3.05, 3.63) is 71.8 Å². The standard InChI is InChI=1S/C21H17ClN4OS/c1-26-20(15-8-4-9-16(22)12-15)24-25-21(26)28-13-19(27)23-18-11-5-7-14-6-2-3-10-17(14)18/h2-12H,13H2,1H3,(H,23,27). The highest BCUT2D eigenvalue weighted by Gasteiger charge is 2.13. The summed E-state index contributed by atoms with van der Waals surface area (Å²) in [4.78, 5) is 12.5. The van der Waals surface area contributed by atoms with Gasteiger partial charge in [-0.3, -0.25) is 4.79 Å². The number of fused-ring (bicyclic) bond motifs is 1. The van der Waals surface area contributed by atoms with Gasteiger partial charge in [-0.15, -0.1) is 10.2 Å². The topological polar surface area (TPSA) is 59.8 Å². The number of rotatable bonds is 5. The molecule has 5 nitrogen and oxygen atoms in total. The molecule has 0 saturated carbocycles. The lowest BCUT2D eigenvalue weighted by Crippen LogP contribution is -2.14. The molecule has 0 atom stereocenters. The second kappa shape index (κ2) is 8.04. The third kappa shape index (κ3) is 3.88. The van der Waals surface area contributed by atoms with Crippen LogP contribution in [0.2, 0.25) is 5.02 Å². The lowest BCUT2D eigenvalue weighted by atomic mass is 10.1. The summed E-state index contributed by atoms with van der Waals surface area (Å²) in [6, 6.07) is 21.3. The lowest BCUT2D eigenvalue weighted by molar-refractivity contribution is -0.113. The summed E-state index contributed by atoms with van der Waals surface area (Å²) >= 11 is 7.40. The first-order chi connectivity index (χ1) is 13.6. The van der Waals surface area contributed by atoms with Crippen molar-refractivity contribution in [2.24, 2.45) is 7.05 Å². The summed E-state index contributed by atoms with van der Waals surface area (Å²) in [5.41, 5.74) is 1.69. The first kappa shape index (κ1) is 18.5. The third-order valence-corrected chi connectivity index (χ3v) is 5.57. The zero-order valence-electron chi connectivity index (χ0n) is 15.1. The van der Waals surface area contributed by atoms with Crippen LogP contribution in [0, 0.1) is 0 Å². The van der Waals surface area contributed by atoms with Crippen LogP contribution in [0.3, 0.4) is 0 Å². The fourth-order valence-corrected chi connectivity index (χ4v) is 3.87. The van der Waals surface area contributed by atoms with Gasteiger partial charge < -0.3 is 9.88 Å². The van der Waals surface area contributed by atoms with Crippen LogP contribution in [0.4, 0.5) is 5.69 Å². The molecule has 1 heterocycles. The minimum absolute atomic E-state index is 0.0892. The maximum Gasteiger partial charge on any atom is 0.234 e. The molecule has 28 heavy (non-hydrogen) atoms. The van der Waals surface area contributed by atoms with Crippen LogP contribution in [0.1, 0.15) is 0 Å². The van der Waals surface area contributed by atoms with E-state index >= 15 is 0 Å². The van der Waals surface area contributed by atoms with Gasteiger partial charge in [-0.2, -0.15) is 0 Å². The van der Waals surface area contributed by atoms with Crippen LogP contribution < -0.4 is 5.32 Å². The Labute approximate surface area is 171 Å². The number of halogens is 1. The van der Waals surface area contributed by atoms with Gasteiger partial charge in [-0.25, -0.2) is 0 Å². The Morgan fingerprint density at radius 1 is 1.07 bits per heavy atom. The third-order valence-electron chi connectivity index (χ3n) is 4.31. The first-order valence-corrected chi connectivity index (χ1v) is 10.0. The molecule has 4 aromatic rings. The lowest BCUT2D eigenvalue weighted by Gasteiger charge is -2.08. The molecule has 0 spiro atoms. The fourth-order valence-electron chi connectivity index (χ4n) is 2.97. The molecule has 1 N–H and O–H groups in total. The van der Waals surface area contributed by atoms with Crippen molar-refractivity contribution in [1.29, 1.82) is 0 Å². The summed E-state index contributed by atoms with van der Waals surface area (Å²) < 4.78 is 1.86. The Bertz CT molecular complexity index is 1150. The average Bonchev–Trinajstić information content (AvgIpc) is 3.07. The molecule has 3 aromatic carbocycles. The van der Waals surface area contributed by atoms with Gasteiger partial charge in [0.25, 0.3) is 0 Å². The Hall–Kier alpha value is -2.83. The molecule has 4 rings (SSSR count). The number of aromatic nitrogens is 3. The molecule has 7 heteroatoms. The van der Waals surface area contributed by atoms with Crippen LogP contribution in [-0.2, 0) is 11.8 Å². The molecular weight excluding hydrogens is 392 g/mol. The van der Waals surface area contributed by atoms with Crippen molar-refractivity contribution in [3.8, 4) is 11.4 Å². The monoisotopic (exact) mass is 408 g/mol. The summed E-state index contributed by atoms with van der Waals surface area (Å²) in [7, 11) is 1.88. The molecule has 0 unspecified atom stereocenters. The van der Waals surface area contributed by atoms with E-state index in [2.05, 4.69) is 15.5 Å². The molecule has 140 valence electrons. The molecule has 0 fully saturated rings. The van der Waals surface area contributed by atoms with Gasteiger partial charge in [0.2, 0.25) is 5.91 Å². The fraction of sp³-hybridized carbons (Fsp3) is 0.0952. The maximum absolute atomic E-state index is 12.5. The van der Waals surface area contributed by atoms with Crippen molar-refractivity contribution in [1.82, 2.24) is 14.8 Å².